The van der Waals surface area contributed by atoms with Gasteiger partial charge in [0.05, 0.1) is 0 Å². The highest BCUT2D eigenvalue weighted by molar-refractivity contribution is 4.96. The van der Waals surface area contributed by atoms with E-state index in [4.69, 9.17) is 0 Å². The first-order valence-electron chi connectivity index (χ1n) is 6.00. The first-order valence-corrected chi connectivity index (χ1v) is 6.00. The van der Waals surface area contributed by atoms with E-state index in [-0.39, 0.29) is 0 Å². The predicted molar refractivity (Wildman–Crippen MR) is 61.9 cm³/mol. The SMILES string of the molecule is CC(C)n1ccnc1CC1CCNCC1. The monoisotopic (exact) mass is 207 g/mol. The Kier molecular flexibility index (Phi) is 3.41. The Morgan fingerprint density at radius 2 is 2.20 bits per heavy atom. The van der Waals surface area contributed by atoms with Crippen LogP contribution in [-0.2, 0) is 6.42 Å². The van der Waals surface area contributed by atoms with Crippen molar-refractivity contribution in [1.29, 1.82) is 0 Å². The van der Waals surface area contributed by atoms with Gasteiger partial charge >= 0.3 is 0 Å². The summed E-state index contributed by atoms with van der Waals surface area (Å²) in [6.07, 6.45) is 7.76. The average molecular weight is 207 g/mol. The quantitative estimate of drug-likeness (QED) is 0.821. The van der Waals surface area contributed by atoms with Crippen LogP contribution in [0.3, 0.4) is 0 Å². The Morgan fingerprint density at radius 3 is 2.87 bits per heavy atom. The third-order valence-corrected chi connectivity index (χ3v) is 3.24. The molecule has 0 unspecified atom stereocenters. The molecule has 3 heteroatoms. The second-order valence-electron chi connectivity index (χ2n) is 4.74. The molecule has 84 valence electrons. The Bertz CT molecular complexity index is 298. The van der Waals surface area contributed by atoms with Gasteiger partial charge in [-0.2, -0.15) is 0 Å². The summed E-state index contributed by atoms with van der Waals surface area (Å²) < 4.78 is 2.29. The van der Waals surface area contributed by atoms with Crippen LogP contribution in [0.15, 0.2) is 12.4 Å². The number of rotatable bonds is 3. The highest BCUT2D eigenvalue weighted by atomic mass is 15.1. The summed E-state index contributed by atoms with van der Waals surface area (Å²) in [5.41, 5.74) is 0. The molecule has 0 radical (unpaired) electrons. The smallest absolute Gasteiger partial charge is 0.109 e. The molecule has 15 heavy (non-hydrogen) atoms. The third-order valence-electron chi connectivity index (χ3n) is 3.24. The van der Waals surface area contributed by atoms with Gasteiger partial charge in [0.25, 0.3) is 0 Å². The Labute approximate surface area is 91.9 Å². The summed E-state index contributed by atoms with van der Waals surface area (Å²) in [7, 11) is 0. The number of nitrogens with zero attached hydrogens (tertiary/aromatic N) is 2. The molecule has 0 atom stereocenters. The van der Waals surface area contributed by atoms with Gasteiger partial charge in [-0.3, -0.25) is 0 Å². The van der Waals surface area contributed by atoms with E-state index in [1.165, 1.54) is 31.8 Å². The highest BCUT2D eigenvalue weighted by Gasteiger charge is 2.16. The molecule has 0 saturated carbocycles. The lowest BCUT2D eigenvalue weighted by atomic mass is 9.94. The molecule has 3 nitrogen and oxygen atoms in total. The molecule has 1 aromatic heterocycles. The van der Waals surface area contributed by atoms with E-state index in [0.717, 1.165) is 12.3 Å². The van der Waals surface area contributed by atoms with Crippen molar-refractivity contribution < 1.29 is 0 Å². The van der Waals surface area contributed by atoms with E-state index in [1.807, 2.05) is 6.20 Å². The van der Waals surface area contributed by atoms with E-state index >= 15 is 0 Å². The Hall–Kier alpha value is -0.830. The zero-order valence-electron chi connectivity index (χ0n) is 9.74. The molecule has 1 fully saturated rings. The normalized spacial score (nSPS) is 18.6. The van der Waals surface area contributed by atoms with Gasteiger partial charge in [0.2, 0.25) is 0 Å². The van der Waals surface area contributed by atoms with Crippen molar-refractivity contribution in [3.63, 3.8) is 0 Å². The maximum absolute atomic E-state index is 4.47. The van der Waals surface area contributed by atoms with Gasteiger partial charge < -0.3 is 9.88 Å². The van der Waals surface area contributed by atoms with Gasteiger partial charge in [0.15, 0.2) is 0 Å². The summed E-state index contributed by atoms with van der Waals surface area (Å²) >= 11 is 0. The molecule has 0 spiro atoms. The van der Waals surface area contributed by atoms with Crippen molar-refractivity contribution in [3.8, 4) is 0 Å². The van der Waals surface area contributed by atoms with Crippen molar-refractivity contribution in [1.82, 2.24) is 14.9 Å². The van der Waals surface area contributed by atoms with Crippen molar-refractivity contribution in [2.45, 2.75) is 39.2 Å². The minimum atomic E-state index is 0.532. The molecule has 1 aliphatic rings. The highest BCUT2D eigenvalue weighted by Crippen LogP contribution is 2.18. The standard InChI is InChI=1S/C12H21N3/c1-10(2)15-8-7-14-12(15)9-11-3-5-13-6-4-11/h7-8,10-11,13H,3-6,9H2,1-2H3. The molecule has 0 aromatic carbocycles. The fraction of sp³-hybridized carbons (Fsp3) is 0.750. The van der Waals surface area contributed by atoms with E-state index in [0.29, 0.717) is 6.04 Å². The fourth-order valence-electron chi connectivity index (χ4n) is 2.32. The molecule has 0 amide bonds. The first kappa shape index (κ1) is 10.7. The molecule has 0 aliphatic carbocycles. The molecule has 2 rings (SSSR count). The van der Waals surface area contributed by atoms with Crippen LogP contribution in [0.5, 0.6) is 0 Å². The van der Waals surface area contributed by atoms with Crippen LogP contribution in [0.1, 0.15) is 38.6 Å². The summed E-state index contributed by atoms with van der Waals surface area (Å²) in [5, 5.41) is 3.40. The van der Waals surface area contributed by atoms with Crippen molar-refractivity contribution in [3.05, 3.63) is 18.2 Å². The van der Waals surface area contributed by atoms with Gasteiger partial charge in [-0.05, 0) is 45.7 Å². The molecule has 1 aliphatic heterocycles. The number of aromatic nitrogens is 2. The number of hydrogen-bond donors (Lipinski definition) is 1. The summed E-state index contributed by atoms with van der Waals surface area (Å²) in [5.74, 6) is 2.09. The Morgan fingerprint density at radius 1 is 1.47 bits per heavy atom. The van der Waals surface area contributed by atoms with Crippen LogP contribution < -0.4 is 5.32 Å². The number of piperidine rings is 1. The molecular weight excluding hydrogens is 186 g/mol. The summed E-state index contributed by atoms with van der Waals surface area (Å²) in [4.78, 5) is 4.47. The maximum atomic E-state index is 4.47. The predicted octanol–water partition coefficient (Wildman–Crippen LogP) is 2.01. The van der Waals surface area contributed by atoms with Crippen molar-refractivity contribution in [2.75, 3.05) is 13.1 Å². The van der Waals surface area contributed by atoms with E-state index < -0.39 is 0 Å². The summed E-state index contributed by atoms with van der Waals surface area (Å²) in [6, 6.07) is 0.532. The van der Waals surface area contributed by atoms with Gasteiger partial charge in [-0.1, -0.05) is 0 Å². The van der Waals surface area contributed by atoms with Crippen LogP contribution in [0.2, 0.25) is 0 Å². The largest absolute Gasteiger partial charge is 0.332 e. The lowest BCUT2D eigenvalue weighted by Crippen LogP contribution is -2.29. The second kappa shape index (κ2) is 4.79. The Balaban J connectivity index is 1.99. The number of nitrogens with one attached hydrogen (secondary N) is 1. The van der Waals surface area contributed by atoms with Crippen LogP contribution in [0.4, 0.5) is 0 Å². The topological polar surface area (TPSA) is 29.9 Å². The van der Waals surface area contributed by atoms with Crippen LogP contribution in [-0.4, -0.2) is 22.6 Å². The van der Waals surface area contributed by atoms with Crippen LogP contribution >= 0.6 is 0 Å². The maximum Gasteiger partial charge on any atom is 0.109 e. The first-order chi connectivity index (χ1) is 7.27. The van der Waals surface area contributed by atoms with E-state index in [9.17, 15) is 0 Å². The van der Waals surface area contributed by atoms with Gasteiger partial charge in [0, 0.05) is 24.9 Å². The van der Waals surface area contributed by atoms with Crippen LogP contribution in [0.25, 0.3) is 0 Å². The molecule has 2 heterocycles. The minimum absolute atomic E-state index is 0.532. The molecule has 0 bridgehead atoms. The van der Waals surface area contributed by atoms with Crippen molar-refractivity contribution >= 4 is 0 Å². The zero-order chi connectivity index (χ0) is 10.7. The van der Waals surface area contributed by atoms with Gasteiger partial charge in [-0.25, -0.2) is 4.98 Å². The van der Waals surface area contributed by atoms with Crippen molar-refractivity contribution in [2.24, 2.45) is 5.92 Å². The van der Waals surface area contributed by atoms with Gasteiger partial charge in [-0.15, -0.1) is 0 Å². The molecular formula is C12H21N3. The van der Waals surface area contributed by atoms with Crippen LogP contribution in [0, 0.1) is 5.92 Å². The molecule has 1 aromatic rings. The third kappa shape index (κ3) is 2.59. The lowest BCUT2D eigenvalue weighted by molar-refractivity contribution is 0.360. The molecule has 1 N–H and O–H groups in total. The van der Waals surface area contributed by atoms with E-state index in [1.54, 1.807) is 0 Å². The second-order valence-corrected chi connectivity index (χ2v) is 4.74. The van der Waals surface area contributed by atoms with E-state index in [2.05, 4.69) is 34.9 Å². The molecule has 1 saturated heterocycles. The number of imidazole rings is 1. The van der Waals surface area contributed by atoms with Gasteiger partial charge in [0.1, 0.15) is 5.82 Å². The number of hydrogen-bond acceptors (Lipinski definition) is 2. The average Bonchev–Trinajstić information content (AvgIpc) is 2.67. The zero-order valence-corrected chi connectivity index (χ0v) is 9.74. The fourth-order valence-corrected chi connectivity index (χ4v) is 2.32. The minimum Gasteiger partial charge on any atom is -0.332 e. The summed E-state index contributed by atoms with van der Waals surface area (Å²) in [6.45, 7) is 6.78. The lowest BCUT2D eigenvalue weighted by Gasteiger charge is -2.23.